The van der Waals surface area contributed by atoms with Gasteiger partial charge in [-0.15, -0.1) is 0 Å². The van der Waals surface area contributed by atoms with Gasteiger partial charge in [-0.3, -0.25) is 4.79 Å². The first-order valence-corrected chi connectivity index (χ1v) is 6.76. The molecule has 0 radical (unpaired) electrons. The fraction of sp³-hybridized carbons (Fsp3) is 0.929. The second kappa shape index (κ2) is 6.53. The Balaban J connectivity index is 2.48. The van der Waals surface area contributed by atoms with Gasteiger partial charge in [-0.1, -0.05) is 0 Å². The van der Waals surface area contributed by atoms with Gasteiger partial charge in [0.1, 0.15) is 6.61 Å². The summed E-state index contributed by atoms with van der Waals surface area (Å²) in [6.45, 7) is 6.05. The lowest BCUT2D eigenvalue weighted by Gasteiger charge is -2.36. The van der Waals surface area contributed by atoms with Gasteiger partial charge in [0.2, 0.25) is 0 Å². The molecule has 0 aromatic carbocycles. The van der Waals surface area contributed by atoms with Crippen molar-refractivity contribution in [1.82, 2.24) is 0 Å². The van der Waals surface area contributed by atoms with Crippen molar-refractivity contribution in [2.24, 2.45) is 11.3 Å². The summed E-state index contributed by atoms with van der Waals surface area (Å²) in [5, 5.41) is 9.51. The van der Waals surface area contributed by atoms with Crippen molar-refractivity contribution in [2.75, 3.05) is 13.7 Å². The van der Waals surface area contributed by atoms with Gasteiger partial charge in [-0.2, -0.15) is 0 Å². The van der Waals surface area contributed by atoms with E-state index in [4.69, 9.17) is 9.47 Å². The molecule has 0 heterocycles. The Hall–Kier alpha value is -0.610. The van der Waals surface area contributed by atoms with Crippen LogP contribution in [0.15, 0.2) is 0 Å². The van der Waals surface area contributed by atoms with E-state index in [0.717, 1.165) is 25.7 Å². The normalized spacial score (nSPS) is 26.7. The third-order valence-corrected chi connectivity index (χ3v) is 4.09. The third kappa shape index (κ3) is 3.95. The first-order chi connectivity index (χ1) is 8.37. The number of hydrogen-bond acceptors (Lipinski definition) is 4. The van der Waals surface area contributed by atoms with Crippen LogP contribution in [0.2, 0.25) is 0 Å². The van der Waals surface area contributed by atoms with Gasteiger partial charge in [-0.05, 0) is 52.4 Å². The molecule has 106 valence electrons. The van der Waals surface area contributed by atoms with Crippen molar-refractivity contribution >= 4 is 5.97 Å². The highest BCUT2D eigenvalue weighted by Crippen LogP contribution is 2.39. The third-order valence-electron chi connectivity index (χ3n) is 4.09. The second-order valence-corrected chi connectivity index (χ2v) is 5.87. The number of rotatable bonds is 5. The SMILES string of the molecule is COC(C)COC(=O)C(C)(C)C1CCC(O)CC1. The van der Waals surface area contributed by atoms with Gasteiger partial charge in [0.25, 0.3) is 0 Å². The Morgan fingerprint density at radius 3 is 2.39 bits per heavy atom. The van der Waals surface area contributed by atoms with Gasteiger partial charge in [0.05, 0.1) is 17.6 Å². The highest BCUT2D eigenvalue weighted by molar-refractivity contribution is 5.76. The minimum Gasteiger partial charge on any atom is -0.463 e. The lowest BCUT2D eigenvalue weighted by Crippen LogP contribution is -2.38. The maximum atomic E-state index is 12.1. The molecule has 1 fully saturated rings. The Kier molecular flexibility index (Phi) is 5.60. The highest BCUT2D eigenvalue weighted by atomic mass is 16.6. The molecule has 4 heteroatoms. The first-order valence-electron chi connectivity index (χ1n) is 6.76. The van der Waals surface area contributed by atoms with Crippen LogP contribution in [-0.2, 0) is 14.3 Å². The Morgan fingerprint density at radius 2 is 1.89 bits per heavy atom. The van der Waals surface area contributed by atoms with Gasteiger partial charge in [0.15, 0.2) is 0 Å². The molecule has 1 atom stereocenters. The van der Waals surface area contributed by atoms with Crippen molar-refractivity contribution in [2.45, 2.75) is 58.7 Å². The Labute approximate surface area is 110 Å². The monoisotopic (exact) mass is 258 g/mol. The summed E-state index contributed by atoms with van der Waals surface area (Å²) >= 11 is 0. The summed E-state index contributed by atoms with van der Waals surface area (Å²) in [5.41, 5.74) is -0.479. The lowest BCUT2D eigenvalue weighted by atomic mass is 9.70. The Bertz CT molecular complexity index is 267. The number of aliphatic hydroxyl groups excluding tert-OH is 1. The Morgan fingerprint density at radius 1 is 1.33 bits per heavy atom. The molecule has 4 nitrogen and oxygen atoms in total. The smallest absolute Gasteiger partial charge is 0.311 e. The van der Waals surface area contributed by atoms with Crippen LogP contribution in [0, 0.1) is 11.3 Å². The number of methoxy groups -OCH3 is 1. The summed E-state index contributed by atoms with van der Waals surface area (Å²) in [6.07, 6.45) is 3.09. The van der Waals surface area contributed by atoms with E-state index < -0.39 is 5.41 Å². The van der Waals surface area contributed by atoms with Gasteiger partial charge in [0, 0.05) is 7.11 Å². The molecule has 0 spiro atoms. The molecule has 1 aliphatic carbocycles. The van der Waals surface area contributed by atoms with E-state index in [-0.39, 0.29) is 18.2 Å². The number of carbonyl (C=O) groups is 1. The molecular weight excluding hydrogens is 232 g/mol. The molecule has 0 bridgehead atoms. The molecule has 0 aromatic heterocycles. The van der Waals surface area contributed by atoms with Crippen LogP contribution in [0.25, 0.3) is 0 Å². The van der Waals surface area contributed by atoms with Gasteiger partial charge < -0.3 is 14.6 Å². The van der Waals surface area contributed by atoms with Crippen LogP contribution >= 0.6 is 0 Å². The maximum absolute atomic E-state index is 12.1. The fourth-order valence-corrected chi connectivity index (χ4v) is 2.41. The van der Waals surface area contributed by atoms with E-state index in [1.807, 2.05) is 20.8 Å². The first kappa shape index (κ1) is 15.4. The van der Waals surface area contributed by atoms with E-state index in [2.05, 4.69) is 0 Å². The predicted octanol–water partition coefficient (Wildman–Crippen LogP) is 2.14. The van der Waals surface area contributed by atoms with Crippen molar-refractivity contribution in [3.05, 3.63) is 0 Å². The van der Waals surface area contributed by atoms with Crippen molar-refractivity contribution in [3.63, 3.8) is 0 Å². The topological polar surface area (TPSA) is 55.8 Å². The van der Waals surface area contributed by atoms with Gasteiger partial charge in [-0.25, -0.2) is 0 Å². The molecule has 1 saturated carbocycles. The zero-order valence-corrected chi connectivity index (χ0v) is 11.9. The fourth-order valence-electron chi connectivity index (χ4n) is 2.41. The molecular formula is C14H26O4. The van der Waals surface area contributed by atoms with E-state index in [0.29, 0.717) is 12.5 Å². The molecule has 18 heavy (non-hydrogen) atoms. The van der Waals surface area contributed by atoms with E-state index in [9.17, 15) is 9.90 Å². The number of carbonyl (C=O) groups excluding carboxylic acids is 1. The molecule has 0 saturated heterocycles. The summed E-state index contributed by atoms with van der Waals surface area (Å²) in [7, 11) is 1.60. The summed E-state index contributed by atoms with van der Waals surface area (Å²) < 4.78 is 10.4. The number of ether oxygens (including phenoxy) is 2. The van der Waals surface area contributed by atoms with Crippen LogP contribution in [-0.4, -0.2) is 37.0 Å². The van der Waals surface area contributed by atoms with E-state index in [1.165, 1.54) is 0 Å². The molecule has 1 rings (SSSR count). The zero-order chi connectivity index (χ0) is 13.8. The number of aliphatic hydroxyl groups is 1. The highest BCUT2D eigenvalue weighted by Gasteiger charge is 2.39. The predicted molar refractivity (Wildman–Crippen MR) is 69.2 cm³/mol. The van der Waals surface area contributed by atoms with Crippen molar-refractivity contribution in [3.8, 4) is 0 Å². The minimum atomic E-state index is -0.479. The number of hydrogen-bond donors (Lipinski definition) is 1. The van der Waals surface area contributed by atoms with Crippen LogP contribution in [0.1, 0.15) is 46.5 Å². The van der Waals surface area contributed by atoms with E-state index >= 15 is 0 Å². The van der Waals surface area contributed by atoms with Crippen molar-refractivity contribution in [1.29, 1.82) is 0 Å². The van der Waals surface area contributed by atoms with Crippen LogP contribution in [0.4, 0.5) is 0 Å². The molecule has 0 aromatic rings. The summed E-state index contributed by atoms with van der Waals surface area (Å²) in [5.74, 6) is 0.138. The van der Waals surface area contributed by atoms with Crippen LogP contribution in [0.3, 0.4) is 0 Å². The second-order valence-electron chi connectivity index (χ2n) is 5.87. The summed E-state index contributed by atoms with van der Waals surface area (Å²) in [4.78, 5) is 12.1. The average Bonchev–Trinajstić information content (AvgIpc) is 2.35. The largest absolute Gasteiger partial charge is 0.463 e. The molecule has 0 aliphatic heterocycles. The standard InChI is InChI=1S/C14H26O4/c1-10(17-4)9-18-13(16)14(2,3)11-5-7-12(15)8-6-11/h10-12,15H,5-9H2,1-4H3. The van der Waals surface area contributed by atoms with E-state index in [1.54, 1.807) is 7.11 Å². The van der Waals surface area contributed by atoms with Crippen molar-refractivity contribution < 1.29 is 19.4 Å². The number of esters is 1. The minimum absolute atomic E-state index is 0.0714. The molecule has 1 aliphatic rings. The average molecular weight is 258 g/mol. The van der Waals surface area contributed by atoms with Crippen LogP contribution in [0.5, 0.6) is 0 Å². The lowest BCUT2D eigenvalue weighted by molar-refractivity contribution is -0.161. The zero-order valence-electron chi connectivity index (χ0n) is 11.9. The maximum Gasteiger partial charge on any atom is 0.311 e. The molecule has 1 unspecified atom stereocenters. The summed E-state index contributed by atoms with van der Waals surface area (Å²) in [6, 6.07) is 0. The van der Waals surface area contributed by atoms with Crippen LogP contribution < -0.4 is 0 Å². The quantitative estimate of drug-likeness (QED) is 0.768. The van der Waals surface area contributed by atoms with Gasteiger partial charge >= 0.3 is 5.97 Å². The molecule has 1 N–H and O–H groups in total. The molecule has 0 amide bonds.